The van der Waals surface area contributed by atoms with Crippen molar-refractivity contribution in [2.24, 2.45) is 0 Å². The van der Waals surface area contributed by atoms with Gasteiger partial charge in [-0.2, -0.15) is 5.26 Å². The van der Waals surface area contributed by atoms with Crippen molar-refractivity contribution < 1.29 is 9.90 Å². The molecular formula is C12H15N3O2. The molecular weight excluding hydrogens is 218 g/mol. The van der Waals surface area contributed by atoms with Crippen LogP contribution in [-0.4, -0.2) is 28.6 Å². The first-order valence-corrected chi connectivity index (χ1v) is 5.39. The summed E-state index contributed by atoms with van der Waals surface area (Å²) >= 11 is 0. The van der Waals surface area contributed by atoms with Crippen molar-refractivity contribution >= 4 is 11.8 Å². The van der Waals surface area contributed by atoms with Crippen molar-refractivity contribution in [1.82, 2.24) is 4.98 Å². The van der Waals surface area contributed by atoms with Crippen molar-refractivity contribution in [2.45, 2.75) is 26.3 Å². The number of rotatable bonds is 5. The number of carboxylic acids is 1. The Bertz CT molecular complexity index is 438. The Kier molecular flexibility index (Phi) is 4.46. The molecule has 0 aliphatic heterocycles. The molecule has 0 aliphatic rings. The lowest BCUT2D eigenvalue weighted by Gasteiger charge is -2.27. The molecule has 0 amide bonds. The number of hydrogen-bond donors (Lipinski definition) is 1. The van der Waals surface area contributed by atoms with Crippen LogP contribution in [0.4, 0.5) is 5.82 Å². The van der Waals surface area contributed by atoms with E-state index in [9.17, 15) is 4.79 Å². The number of nitriles is 1. The highest BCUT2D eigenvalue weighted by Gasteiger charge is 2.13. The van der Waals surface area contributed by atoms with E-state index in [2.05, 4.69) is 11.1 Å². The molecule has 0 fully saturated rings. The summed E-state index contributed by atoms with van der Waals surface area (Å²) in [4.78, 5) is 16.9. The minimum Gasteiger partial charge on any atom is -0.478 e. The van der Waals surface area contributed by atoms with Crippen LogP contribution >= 0.6 is 0 Å². The first kappa shape index (κ1) is 13.0. The van der Waals surface area contributed by atoms with E-state index >= 15 is 0 Å². The Morgan fingerprint density at radius 2 is 2.35 bits per heavy atom. The van der Waals surface area contributed by atoms with E-state index in [0.717, 1.165) is 0 Å². The van der Waals surface area contributed by atoms with E-state index < -0.39 is 5.97 Å². The smallest absolute Gasteiger partial charge is 0.335 e. The van der Waals surface area contributed by atoms with Crippen molar-refractivity contribution in [1.29, 1.82) is 5.26 Å². The van der Waals surface area contributed by atoms with Gasteiger partial charge in [0.1, 0.15) is 5.82 Å². The van der Waals surface area contributed by atoms with Gasteiger partial charge in [-0.1, -0.05) is 0 Å². The Morgan fingerprint density at radius 3 is 2.88 bits per heavy atom. The van der Waals surface area contributed by atoms with Gasteiger partial charge in [-0.05, 0) is 26.0 Å². The van der Waals surface area contributed by atoms with Crippen molar-refractivity contribution in [3.8, 4) is 6.07 Å². The lowest BCUT2D eigenvalue weighted by atomic mass is 10.2. The quantitative estimate of drug-likeness (QED) is 0.840. The maximum atomic E-state index is 10.9. The molecule has 0 bridgehead atoms. The second-order valence-corrected chi connectivity index (χ2v) is 3.90. The number of anilines is 1. The molecule has 0 saturated heterocycles. The molecule has 1 rings (SSSR count). The van der Waals surface area contributed by atoms with Gasteiger partial charge < -0.3 is 10.0 Å². The third-order valence-electron chi connectivity index (χ3n) is 2.37. The molecule has 0 spiro atoms. The maximum Gasteiger partial charge on any atom is 0.335 e. The fourth-order valence-electron chi connectivity index (χ4n) is 1.52. The summed E-state index contributed by atoms with van der Waals surface area (Å²) < 4.78 is 0. The van der Waals surface area contributed by atoms with Crippen LogP contribution in [0.5, 0.6) is 0 Å². The number of pyridine rings is 1. The number of aromatic nitrogens is 1. The molecule has 1 heterocycles. The highest BCUT2D eigenvalue weighted by atomic mass is 16.4. The van der Waals surface area contributed by atoms with Crippen LogP contribution in [0, 0.1) is 11.3 Å². The Morgan fingerprint density at radius 1 is 1.65 bits per heavy atom. The number of carboxylic acid groups (broad SMARTS) is 1. The van der Waals surface area contributed by atoms with Gasteiger partial charge in [0.05, 0.1) is 18.1 Å². The van der Waals surface area contributed by atoms with Crippen molar-refractivity contribution in [3.05, 3.63) is 23.9 Å². The van der Waals surface area contributed by atoms with Crippen LogP contribution < -0.4 is 4.90 Å². The standard InChI is InChI=1S/C12H15N3O2/c1-9(2)15(7-3-5-13)11-8-10(12(16)17)4-6-14-11/h4,6,8-9H,3,7H2,1-2H3,(H,16,17). The molecule has 0 atom stereocenters. The summed E-state index contributed by atoms with van der Waals surface area (Å²) in [5.41, 5.74) is 0.206. The second kappa shape index (κ2) is 5.85. The first-order chi connectivity index (χ1) is 8.06. The molecule has 0 aliphatic carbocycles. The van der Waals surface area contributed by atoms with Crippen LogP contribution in [0.25, 0.3) is 0 Å². The SMILES string of the molecule is CC(C)N(CCC#N)c1cc(C(=O)O)ccn1. The lowest BCUT2D eigenvalue weighted by molar-refractivity contribution is 0.0696. The molecule has 0 aromatic carbocycles. The summed E-state index contributed by atoms with van der Waals surface area (Å²) in [5, 5.41) is 17.5. The number of nitrogens with zero attached hydrogens (tertiary/aromatic N) is 3. The molecule has 1 N–H and O–H groups in total. The van der Waals surface area contributed by atoms with Gasteiger partial charge in [0.25, 0.3) is 0 Å². The normalized spacial score (nSPS) is 10.0. The summed E-state index contributed by atoms with van der Waals surface area (Å²) in [6.07, 6.45) is 1.86. The monoisotopic (exact) mass is 233 g/mol. The molecule has 5 heteroatoms. The Labute approximate surface area is 100 Å². The van der Waals surface area contributed by atoms with E-state index in [1.807, 2.05) is 18.7 Å². The van der Waals surface area contributed by atoms with E-state index in [4.69, 9.17) is 10.4 Å². The van der Waals surface area contributed by atoms with Crippen molar-refractivity contribution in [2.75, 3.05) is 11.4 Å². The molecule has 0 saturated carbocycles. The van der Waals surface area contributed by atoms with Crippen LogP contribution in [0.15, 0.2) is 18.3 Å². The molecule has 1 aromatic heterocycles. The predicted octanol–water partition coefficient (Wildman–Crippen LogP) is 1.91. The van der Waals surface area contributed by atoms with E-state index in [-0.39, 0.29) is 11.6 Å². The second-order valence-electron chi connectivity index (χ2n) is 3.90. The summed E-state index contributed by atoms with van der Waals surface area (Å²) in [6.45, 7) is 4.50. The van der Waals surface area contributed by atoms with Gasteiger partial charge in [-0.3, -0.25) is 0 Å². The summed E-state index contributed by atoms with van der Waals surface area (Å²) in [7, 11) is 0. The Hall–Kier alpha value is -2.09. The van der Waals surface area contributed by atoms with Gasteiger partial charge in [0, 0.05) is 18.8 Å². The van der Waals surface area contributed by atoms with Gasteiger partial charge in [-0.25, -0.2) is 9.78 Å². The molecule has 17 heavy (non-hydrogen) atoms. The average Bonchev–Trinajstić information content (AvgIpc) is 2.29. The third kappa shape index (κ3) is 3.45. The molecule has 0 unspecified atom stereocenters. The topological polar surface area (TPSA) is 77.2 Å². The largest absolute Gasteiger partial charge is 0.478 e. The molecule has 0 radical (unpaired) electrons. The highest BCUT2D eigenvalue weighted by Crippen LogP contribution is 2.16. The van der Waals surface area contributed by atoms with Crippen LogP contribution in [0.1, 0.15) is 30.6 Å². The van der Waals surface area contributed by atoms with Crippen LogP contribution in [0.3, 0.4) is 0 Å². The molecule has 90 valence electrons. The number of carbonyl (C=O) groups is 1. The molecule has 5 nitrogen and oxygen atoms in total. The minimum atomic E-state index is -0.974. The lowest BCUT2D eigenvalue weighted by Crippen LogP contribution is -2.32. The highest BCUT2D eigenvalue weighted by molar-refractivity contribution is 5.88. The minimum absolute atomic E-state index is 0.167. The third-order valence-corrected chi connectivity index (χ3v) is 2.37. The maximum absolute atomic E-state index is 10.9. The number of hydrogen-bond acceptors (Lipinski definition) is 4. The van der Waals surface area contributed by atoms with E-state index in [0.29, 0.717) is 18.8 Å². The van der Waals surface area contributed by atoms with Gasteiger partial charge >= 0.3 is 5.97 Å². The fourth-order valence-corrected chi connectivity index (χ4v) is 1.52. The predicted molar refractivity (Wildman–Crippen MR) is 63.9 cm³/mol. The zero-order valence-electron chi connectivity index (χ0n) is 9.92. The van der Waals surface area contributed by atoms with Crippen LogP contribution in [0.2, 0.25) is 0 Å². The van der Waals surface area contributed by atoms with Gasteiger partial charge in [0.15, 0.2) is 0 Å². The number of aromatic carboxylic acids is 1. The molecule has 1 aromatic rings. The zero-order chi connectivity index (χ0) is 12.8. The fraction of sp³-hybridized carbons (Fsp3) is 0.417. The first-order valence-electron chi connectivity index (χ1n) is 5.39. The van der Waals surface area contributed by atoms with Crippen LogP contribution in [-0.2, 0) is 0 Å². The average molecular weight is 233 g/mol. The van der Waals surface area contributed by atoms with Gasteiger partial charge in [0.2, 0.25) is 0 Å². The van der Waals surface area contributed by atoms with E-state index in [1.54, 1.807) is 0 Å². The summed E-state index contributed by atoms with van der Waals surface area (Å²) in [6, 6.07) is 5.22. The summed E-state index contributed by atoms with van der Waals surface area (Å²) in [5.74, 6) is -0.382. The Balaban J connectivity index is 2.98. The van der Waals surface area contributed by atoms with Gasteiger partial charge in [-0.15, -0.1) is 0 Å². The zero-order valence-corrected chi connectivity index (χ0v) is 9.92. The van der Waals surface area contributed by atoms with Crippen molar-refractivity contribution in [3.63, 3.8) is 0 Å². The van der Waals surface area contributed by atoms with E-state index in [1.165, 1.54) is 18.3 Å².